The van der Waals surface area contributed by atoms with Crippen molar-refractivity contribution in [2.45, 2.75) is 50.6 Å². The third kappa shape index (κ3) is 3.79. The summed E-state index contributed by atoms with van der Waals surface area (Å²) < 4.78 is 5.84. The fourth-order valence-electron chi connectivity index (χ4n) is 2.87. The van der Waals surface area contributed by atoms with E-state index < -0.39 is 0 Å². The topological polar surface area (TPSA) is 45.8 Å². The van der Waals surface area contributed by atoms with Gasteiger partial charge in [-0.1, -0.05) is 19.3 Å². The Kier molecular flexibility index (Phi) is 4.56. The van der Waals surface area contributed by atoms with Gasteiger partial charge in [0.15, 0.2) is 0 Å². The lowest BCUT2D eigenvalue weighted by molar-refractivity contribution is 0.271. The zero-order valence-electron chi connectivity index (χ0n) is 11.8. The molecule has 0 unspecified atom stereocenters. The zero-order chi connectivity index (χ0) is 13.7. The van der Waals surface area contributed by atoms with Gasteiger partial charge in [-0.05, 0) is 39.1 Å². The lowest BCUT2D eigenvalue weighted by Gasteiger charge is -2.31. The molecule has 0 saturated heterocycles. The molecule has 4 nitrogen and oxygen atoms in total. The molecule has 0 bridgehead atoms. The van der Waals surface area contributed by atoms with Crippen molar-refractivity contribution in [3.8, 4) is 0 Å². The van der Waals surface area contributed by atoms with Crippen LogP contribution in [0.1, 0.15) is 43.6 Å². The first kappa shape index (κ1) is 14.0. The van der Waals surface area contributed by atoms with Crippen LogP contribution in [0.3, 0.4) is 0 Å². The number of hydrogen-bond donors (Lipinski definition) is 0. The predicted molar refractivity (Wildman–Crippen MR) is 73.7 cm³/mol. The van der Waals surface area contributed by atoms with Crippen LogP contribution < -0.4 is 0 Å². The second-order valence-electron chi connectivity index (χ2n) is 5.77. The molecule has 0 amide bonds. The quantitative estimate of drug-likeness (QED) is 0.605. The number of hydrogen-bond acceptors (Lipinski definition) is 4. The van der Waals surface area contributed by atoms with Gasteiger partial charge >= 0.3 is 0 Å². The lowest BCUT2D eigenvalue weighted by Crippen LogP contribution is -2.31. The Morgan fingerprint density at radius 2 is 1.95 bits per heavy atom. The van der Waals surface area contributed by atoms with E-state index in [4.69, 9.17) is 4.42 Å². The monoisotopic (exact) mass is 262 g/mol. The summed E-state index contributed by atoms with van der Waals surface area (Å²) in [6, 6.07) is 4.02. The normalized spacial score (nSPS) is 18.3. The first-order valence-electron chi connectivity index (χ1n) is 6.95. The maximum atomic E-state index is 10.7. The summed E-state index contributed by atoms with van der Waals surface area (Å²) in [5.74, 6) is 1.89. The van der Waals surface area contributed by atoms with E-state index in [2.05, 4.69) is 9.89 Å². The maximum absolute atomic E-state index is 10.7. The van der Waals surface area contributed by atoms with Crippen molar-refractivity contribution < 1.29 is 9.21 Å². The molecule has 1 aliphatic carbocycles. The van der Waals surface area contributed by atoms with Crippen molar-refractivity contribution >= 4 is 6.08 Å². The molecule has 0 aromatic carbocycles. The SMILES string of the molecule is CN(C)Cc1ccc(CC2(N=C=O)CCCCC2)o1. The Labute approximate surface area is 114 Å². The van der Waals surface area contributed by atoms with E-state index >= 15 is 0 Å². The standard InChI is InChI=1S/C15H22N2O2/c1-17(2)11-14-7-6-13(19-14)10-15(16-12-18)8-4-3-5-9-15/h6-7H,3-5,8-11H2,1-2H3. The molecule has 1 fully saturated rings. The van der Waals surface area contributed by atoms with Gasteiger partial charge < -0.3 is 9.32 Å². The Hall–Kier alpha value is -1.38. The third-order valence-electron chi connectivity index (χ3n) is 3.76. The number of carbonyl (C=O) groups excluding carboxylic acids is 1. The molecule has 1 aliphatic rings. The number of nitrogens with zero attached hydrogens (tertiary/aromatic N) is 2. The predicted octanol–water partition coefficient (Wildman–Crippen LogP) is 2.92. The molecular formula is C15H22N2O2. The van der Waals surface area contributed by atoms with Crippen LogP contribution in [0, 0.1) is 0 Å². The highest BCUT2D eigenvalue weighted by atomic mass is 16.3. The molecule has 1 saturated carbocycles. The molecule has 0 atom stereocenters. The van der Waals surface area contributed by atoms with Crippen LogP contribution in [0.25, 0.3) is 0 Å². The van der Waals surface area contributed by atoms with E-state index in [1.54, 1.807) is 6.08 Å². The first-order chi connectivity index (χ1) is 9.13. The molecule has 1 heterocycles. The highest BCUT2D eigenvalue weighted by Crippen LogP contribution is 2.34. The molecule has 1 aromatic heterocycles. The molecule has 0 N–H and O–H groups in total. The van der Waals surface area contributed by atoms with E-state index in [1.165, 1.54) is 6.42 Å². The average molecular weight is 262 g/mol. The Morgan fingerprint density at radius 1 is 1.26 bits per heavy atom. The number of furan rings is 1. The van der Waals surface area contributed by atoms with Crippen molar-refractivity contribution in [2.75, 3.05) is 14.1 Å². The van der Waals surface area contributed by atoms with Crippen LogP contribution in [0.4, 0.5) is 0 Å². The maximum Gasteiger partial charge on any atom is 0.235 e. The molecule has 0 spiro atoms. The van der Waals surface area contributed by atoms with Crippen molar-refractivity contribution in [3.05, 3.63) is 23.7 Å². The second-order valence-corrected chi connectivity index (χ2v) is 5.77. The zero-order valence-corrected chi connectivity index (χ0v) is 11.8. The van der Waals surface area contributed by atoms with Crippen molar-refractivity contribution in [3.63, 3.8) is 0 Å². The van der Waals surface area contributed by atoms with Gasteiger partial charge in [0.2, 0.25) is 6.08 Å². The Bertz CT molecular complexity index is 452. The second kappa shape index (κ2) is 6.18. The summed E-state index contributed by atoms with van der Waals surface area (Å²) >= 11 is 0. The van der Waals surface area contributed by atoms with Crippen molar-refractivity contribution in [1.82, 2.24) is 4.90 Å². The number of isocyanates is 1. The molecular weight excluding hydrogens is 240 g/mol. The first-order valence-corrected chi connectivity index (χ1v) is 6.95. The molecule has 0 radical (unpaired) electrons. The minimum atomic E-state index is -0.271. The Morgan fingerprint density at radius 3 is 2.58 bits per heavy atom. The molecule has 1 aromatic rings. The van der Waals surface area contributed by atoms with Gasteiger partial charge in [-0.2, -0.15) is 4.99 Å². The van der Waals surface area contributed by atoms with Crippen LogP contribution in [-0.2, 0) is 17.8 Å². The summed E-state index contributed by atoms with van der Waals surface area (Å²) in [5.41, 5.74) is -0.271. The fraction of sp³-hybridized carbons (Fsp3) is 0.667. The number of aliphatic imine (C=N–C) groups is 1. The largest absolute Gasteiger partial charge is 0.465 e. The van der Waals surface area contributed by atoms with Gasteiger partial charge in [0, 0.05) is 6.42 Å². The average Bonchev–Trinajstić information content (AvgIpc) is 2.76. The molecule has 2 rings (SSSR count). The van der Waals surface area contributed by atoms with Crippen LogP contribution in [0.15, 0.2) is 21.5 Å². The summed E-state index contributed by atoms with van der Waals surface area (Å²) in [4.78, 5) is 16.9. The van der Waals surface area contributed by atoms with Crippen LogP contribution >= 0.6 is 0 Å². The minimum Gasteiger partial charge on any atom is -0.465 e. The van der Waals surface area contributed by atoms with Crippen LogP contribution in [-0.4, -0.2) is 30.6 Å². The van der Waals surface area contributed by atoms with E-state index in [0.717, 1.165) is 50.2 Å². The third-order valence-corrected chi connectivity index (χ3v) is 3.76. The summed E-state index contributed by atoms with van der Waals surface area (Å²) in [6.45, 7) is 0.796. The Balaban J connectivity index is 2.08. The summed E-state index contributed by atoms with van der Waals surface area (Å²) in [6.07, 6.45) is 7.92. The summed E-state index contributed by atoms with van der Waals surface area (Å²) in [7, 11) is 4.03. The summed E-state index contributed by atoms with van der Waals surface area (Å²) in [5, 5.41) is 0. The van der Waals surface area contributed by atoms with Crippen molar-refractivity contribution in [1.29, 1.82) is 0 Å². The van der Waals surface area contributed by atoms with Gasteiger partial charge in [-0.3, -0.25) is 0 Å². The van der Waals surface area contributed by atoms with E-state index in [-0.39, 0.29) is 5.54 Å². The highest BCUT2D eigenvalue weighted by molar-refractivity contribution is 5.35. The molecule has 4 heteroatoms. The number of rotatable bonds is 5. The molecule has 104 valence electrons. The van der Waals surface area contributed by atoms with Crippen LogP contribution in [0.5, 0.6) is 0 Å². The van der Waals surface area contributed by atoms with Gasteiger partial charge in [0.25, 0.3) is 0 Å². The fourth-order valence-corrected chi connectivity index (χ4v) is 2.87. The highest BCUT2D eigenvalue weighted by Gasteiger charge is 2.33. The van der Waals surface area contributed by atoms with Gasteiger partial charge in [0.1, 0.15) is 11.5 Å². The van der Waals surface area contributed by atoms with Gasteiger partial charge in [-0.25, -0.2) is 4.79 Å². The van der Waals surface area contributed by atoms with Crippen LogP contribution in [0.2, 0.25) is 0 Å². The van der Waals surface area contributed by atoms with Gasteiger partial charge in [-0.15, -0.1) is 0 Å². The van der Waals surface area contributed by atoms with Crippen molar-refractivity contribution in [2.24, 2.45) is 4.99 Å². The van der Waals surface area contributed by atoms with E-state index in [0.29, 0.717) is 0 Å². The van der Waals surface area contributed by atoms with E-state index in [1.807, 2.05) is 26.2 Å². The minimum absolute atomic E-state index is 0.271. The van der Waals surface area contributed by atoms with Gasteiger partial charge in [0.05, 0.1) is 12.1 Å². The molecule has 19 heavy (non-hydrogen) atoms. The lowest BCUT2D eigenvalue weighted by atomic mass is 9.79. The van der Waals surface area contributed by atoms with E-state index in [9.17, 15) is 4.79 Å². The molecule has 0 aliphatic heterocycles. The smallest absolute Gasteiger partial charge is 0.235 e.